The van der Waals surface area contributed by atoms with E-state index in [0.29, 0.717) is 12.8 Å². The minimum absolute atomic E-state index is 0.00417. The highest BCUT2D eigenvalue weighted by atomic mass is 16.2. The molecule has 0 bridgehead atoms. The maximum absolute atomic E-state index is 12.3. The highest BCUT2D eigenvalue weighted by Gasteiger charge is 2.36. The van der Waals surface area contributed by atoms with Crippen LogP contribution in [0.1, 0.15) is 39.0 Å². The predicted molar refractivity (Wildman–Crippen MR) is 69.2 cm³/mol. The molecular weight excluding hydrogens is 246 g/mol. The summed E-state index contributed by atoms with van der Waals surface area (Å²) in [6.45, 7) is 2.78. The van der Waals surface area contributed by atoms with E-state index >= 15 is 0 Å². The molecule has 0 aromatic carbocycles. The molecule has 2 heterocycles. The third kappa shape index (κ3) is 3.32. The van der Waals surface area contributed by atoms with E-state index in [1.807, 2.05) is 6.92 Å². The van der Waals surface area contributed by atoms with E-state index in [0.717, 1.165) is 25.8 Å². The van der Waals surface area contributed by atoms with Crippen LogP contribution in [0, 0.1) is 0 Å². The zero-order valence-electron chi connectivity index (χ0n) is 11.3. The highest BCUT2D eigenvalue weighted by Crippen LogP contribution is 2.15. The number of hydrogen-bond donors (Lipinski definition) is 2. The first-order chi connectivity index (χ1) is 9.11. The van der Waals surface area contributed by atoms with E-state index in [-0.39, 0.29) is 30.3 Å². The Morgan fingerprint density at radius 1 is 1.37 bits per heavy atom. The Morgan fingerprint density at radius 3 is 2.79 bits per heavy atom. The van der Waals surface area contributed by atoms with Gasteiger partial charge in [0.05, 0.1) is 0 Å². The lowest BCUT2D eigenvalue weighted by Crippen LogP contribution is -2.60. The molecule has 0 saturated carbocycles. The lowest BCUT2D eigenvalue weighted by molar-refractivity contribution is -0.150. The predicted octanol–water partition coefficient (Wildman–Crippen LogP) is -0.218. The summed E-state index contributed by atoms with van der Waals surface area (Å²) in [6.07, 6.45) is 4.16. The quantitative estimate of drug-likeness (QED) is 0.693. The van der Waals surface area contributed by atoms with Crippen molar-refractivity contribution in [1.82, 2.24) is 15.5 Å². The Bertz CT molecular complexity index is 377. The number of hydrogen-bond acceptors (Lipinski definition) is 4. The van der Waals surface area contributed by atoms with E-state index in [1.54, 1.807) is 0 Å². The molecule has 2 unspecified atom stereocenters. The van der Waals surface area contributed by atoms with Crippen LogP contribution in [0.4, 0.5) is 0 Å². The van der Waals surface area contributed by atoms with E-state index in [2.05, 4.69) is 10.6 Å². The number of nitrogens with zero attached hydrogens (tertiary/aromatic N) is 1. The number of carbonyl (C=O) groups excluding carboxylic acids is 3. The highest BCUT2D eigenvalue weighted by molar-refractivity contribution is 6.04. The Kier molecular flexibility index (Phi) is 4.52. The standard InChI is InChI=1S/C13H21N3O3/c1-2-10-13(19)15-11(17)8-16(10)12(18)7-9-5-3-4-6-14-9/h9-10,14H,2-8H2,1H3,(H,15,17,19). The molecule has 0 radical (unpaired) electrons. The van der Waals surface area contributed by atoms with E-state index in [9.17, 15) is 14.4 Å². The third-order valence-electron chi connectivity index (χ3n) is 3.80. The number of piperazine rings is 1. The Labute approximate surface area is 112 Å². The van der Waals surface area contributed by atoms with Crippen LogP contribution in [0.2, 0.25) is 0 Å². The van der Waals surface area contributed by atoms with Gasteiger partial charge in [0.15, 0.2) is 0 Å². The van der Waals surface area contributed by atoms with Crippen molar-refractivity contribution in [3.63, 3.8) is 0 Å². The molecule has 106 valence electrons. The summed E-state index contributed by atoms with van der Waals surface area (Å²) in [4.78, 5) is 36.8. The molecule has 19 heavy (non-hydrogen) atoms. The van der Waals surface area contributed by atoms with Crippen LogP contribution in [0.15, 0.2) is 0 Å². The summed E-state index contributed by atoms with van der Waals surface area (Å²) in [7, 11) is 0. The molecule has 0 spiro atoms. The molecule has 0 aromatic rings. The fourth-order valence-electron chi connectivity index (χ4n) is 2.76. The van der Waals surface area contributed by atoms with Crippen LogP contribution in [-0.2, 0) is 14.4 Å². The minimum Gasteiger partial charge on any atom is -0.321 e. The number of carbonyl (C=O) groups is 3. The van der Waals surface area contributed by atoms with Gasteiger partial charge in [-0.2, -0.15) is 0 Å². The maximum Gasteiger partial charge on any atom is 0.249 e. The minimum atomic E-state index is -0.506. The van der Waals surface area contributed by atoms with Gasteiger partial charge >= 0.3 is 0 Å². The van der Waals surface area contributed by atoms with Crippen molar-refractivity contribution in [1.29, 1.82) is 0 Å². The smallest absolute Gasteiger partial charge is 0.249 e. The number of rotatable bonds is 3. The molecule has 6 heteroatoms. The number of amides is 3. The lowest BCUT2D eigenvalue weighted by Gasteiger charge is -2.35. The van der Waals surface area contributed by atoms with Crippen LogP contribution in [0.5, 0.6) is 0 Å². The molecule has 2 atom stereocenters. The number of piperidine rings is 1. The number of nitrogens with one attached hydrogen (secondary N) is 2. The molecule has 2 aliphatic rings. The fourth-order valence-corrected chi connectivity index (χ4v) is 2.76. The van der Waals surface area contributed by atoms with Crippen LogP contribution in [-0.4, -0.2) is 47.8 Å². The van der Waals surface area contributed by atoms with Gasteiger partial charge in [-0.15, -0.1) is 0 Å². The van der Waals surface area contributed by atoms with Crippen molar-refractivity contribution in [3.05, 3.63) is 0 Å². The van der Waals surface area contributed by atoms with Crippen molar-refractivity contribution in [2.75, 3.05) is 13.1 Å². The van der Waals surface area contributed by atoms with Gasteiger partial charge in [-0.05, 0) is 25.8 Å². The van der Waals surface area contributed by atoms with Gasteiger partial charge in [-0.3, -0.25) is 19.7 Å². The van der Waals surface area contributed by atoms with Gasteiger partial charge in [0.2, 0.25) is 17.7 Å². The molecule has 2 fully saturated rings. The first kappa shape index (κ1) is 14.0. The molecule has 6 nitrogen and oxygen atoms in total. The first-order valence-corrected chi connectivity index (χ1v) is 6.98. The van der Waals surface area contributed by atoms with E-state index in [1.165, 1.54) is 4.90 Å². The van der Waals surface area contributed by atoms with Crippen molar-refractivity contribution >= 4 is 17.7 Å². The Hall–Kier alpha value is -1.43. The van der Waals surface area contributed by atoms with Gasteiger partial charge in [0.1, 0.15) is 12.6 Å². The van der Waals surface area contributed by atoms with Gasteiger partial charge in [0.25, 0.3) is 0 Å². The van der Waals surface area contributed by atoms with E-state index < -0.39 is 6.04 Å². The largest absolute Gasteiger partial charge is 0.321 e. The van der Waals surface area contributed by atoms with Gasteiger partial charge in [-0.1, -0.05) is 13.3 Å². The second kappa shape index (κ2) is 6.14. The maximum atomic E-state index is 12.3. The molecule has 2 aliphatic heterocycles. The summed E-state index contributed by atoms with van der Waals surface area (Å²) in [5, 5.41) is 5.59. The first-order valence-electron chi connectivity index (χ1n) is 6.98. The zero-order chi connectivity index (χ0) is 13.8. The fraction of sp³-hybridized carbons (Fsp3) is 0.769. The van der Waals surface area contributed by atoms with Crippen LogP contribution in [0.25, 0.3) is 0 Å². The van der Waals surface area contributed by atoms with Crippen molar-refractivity contribution in [3.8, 4) is 0 Å². The normalized spacial score (nSPS) is 28.2. The molecule has 0 aromatic heterocycles. The number of imide groups is 1. The summed E-state index contributed by atoms with van der Waals surface area (Å²) >= 11 is 0. The summed E-state index contributed by atoms with van der Waals surface area (Å²) in [5.41, 5.74) is 0. The van der Waals surface area contributed by atoms with E-state index in [4.69, 9.17) is 0 Å². The van der Waals surface area contributed by atoms with Gasteiger partial charge in [-0.25, -0.2) is 0 Å². The molecule has 2 saturated heterocycles. The SMILES string of the molecule is CCC1C(=O)NC(=O)CN1C(=O)CC1CCCCN1. The Balaban J connectivity index is 1.98. The monoisotopic (exact) mass is 267 g/mol. The van der Waals surface area contributed by atoms with Crippen LogP contribution < -0.4 is 10.6 Å². The molecule has 2 rings (SSSR count). The molecule has 3 amide bonds. The second-order valence-corrected chi connectivity index (χ2v) is 5.21. The van der Waals surface area contributed by atoms with Crippen molar-refractivity contribution in [2.45, 2.75) is 51.1 Å². The van der Waals surface area contributed by atoms with Gasteiger partial charge < -0.3 is 10.2 Å². The average Bonchev–Trinajstić information content (AvgIpc) is 2.39. The molecule has 0 aliphatic carbocycles. The van der Waals surface area contributed by atoms with Crippen molar-refractivity contribution in [2.24, 2.45) is 0 Å². The topological polar surface area (TPSA) is 78.5 Å². The second-order valence-electron chi connectivity index (χ2n) is 5.21. The van der Waals surface area contributed by atoms with Gasteiger partial charge in [0, 0.05) is 12.5 Å². The van der Waals surface area contributed by atoms with Crippen LogP contribution >= 0.6 is 0 Å². The summed E-state index contributed by atoms with van der Waals surface area (Å²) < 4.78 is 0. The average molecular weight is 267 g/mol. The molecular formula is C13H21N3O3. The Morgan fingerprint density at radius 2 is 2.16 bits per heavy atom. The van der Waals surface area contributed by atoms with Crippen molar-refractivity contribution < 1.29 is 14.4 Å². The summed E-state index contributed by atoms with van der Waals surface area (Å²) in [5.74, 6) is -0.849. The van der Waals surface area contributed by atoms with Crippen LogP contribution in [0.3, 0.4) is 0 Å². The summed E-state index contributed by atoms with van der Waals surface area (Å²) in [6, 6.07) is -0.326. The lowest BCUT2D eigenvalue weighted by atomic mass is 10.0. The molecule has 2 N–H and O–H groups in total. The zero-order valence-corrected chi connectivity index (χ0v) is 11.3. The third-order valence-corrected chi connectivity index (χ3v) is 3.80.